The summed E-state index contributed by atoms with van der Waals surface area (Å²) in [6, 6.07) is 0. The van der Waals surface area contributed by atoms with Crippen LogP contribution in [0.1, 0.15) is 38.5 Å². The second kappa shape index (κ2) is 12.1. The predicted octanol–water partition coefficient (Wildman–Crippen LogP) is 1.33. The third kappa shape index (κ3) is 9.28. The molecule has 1 rings (SSSR count). The summed E-state index contributed by atoms with van der Waals surface area (Å²) >= 11 is 0. The van der Waals surface area contributed by atoms with Gasteiger partial charge >= 0.3 is 0 Å². The van der Waals surface area contributed by atoms with E-state index in [4.69, 9.17) is 9.47 Å². The lowest BCUT2D eigenvalue weighted by atomic mass is 9.93. The van der Waals surface area contributed by atoms with Crippen LogP contribution in [0.4, 0.5) is 0 Å². The Balaban J connectivity index is 1.84. The van der Waals surface area contributed by atoms with E-state index in [0.29, 0.717) is 19.6 Å². The summed E-state index contributed by atoms with van der Waals surface area (Å²) in [5, 5.41) is 6.34. The molecular weight excluding hydrogens is 256 g/mol. The van der Waals surface area contributed by atoms with Gasteiger partial charge in [0, 0.05) is 26.7 Å². The van der Waals surface area contributed by atoms with E-state index in [1.807, 2.05) is 0 Å². The Labute approximate surface area is 122 Å². The molecule has 20 heavy (non-hydrogen) atoms. The summed E-state index contributed by atoms with van der Waals surface area (Å²) in [5.41, 5.74) is 0. The van der Waals surface area contributed by atoms with Gasteiger partial charge in [0.2, 0.25) is 5.91 Å². The maximum absolute atomic E-state index is 11.7. The molecule has 1 aliphatic heterocycles. The quantitative estimate of drug-likeness (QED) is 0.563. The van der Waals surface area contributed by atoms with Crippen LogP contribution in [-0.2, 0) is 14.3 Å². The van der Waals surface area contributed by atoms with Crippen molar-refractivity contribution in [2.24, 2.45) is 5.92 Å². The Bertz CT molecular complexity index is 243. The maximum atomic E-state index is 11.7. The fraction of sp³-hybridized carbons (Fsp3) is 0.933. The van der Waals surface area contributed by atoms with Crippen LogP contribution in [-0.4, -0.2) is 52.5 Å². The lowest BCUT2D eigenvalue weighted by molar-refractivity contribution is -0.121. The maximum Gasteiger partial charge on any atom is 0.220 e. The largest absolute Gasteiger partial charge is 0.382 e. The van der Waals surface area contributed by atoms with Gasteiger partial charge in [-0.15, -0.1) is 0 Å². The molecular formula is C15H30N2O3. The van der Waals surface area contributed by atoms with Gasteiger partial charge in [0.15, 0.2) is 0 Å². The molecule has 5 nitrogen and oxygen atoms in total. The lowest BCUT2D eigenvalue weighted by Crippen LogP contribution is -2.29. The van der Waals surface area contributed by atoms with Crippen LogP contribution >= 0.6 is 0 Å². The molecule has 118 valence electrons. The molecule has 1 aliphatic rings. The van der Waals surface area contributed by atoms with E-state index in [-0.39, 0.29) is 5.91 Å². The molecule has 0 unspecified atom stereocenters. The van der Waals surface area contributed by atoms with Crippen molar-refractivity contribution in [1.82, 2.24) is 10.6 Å². The lowest BCUT2D eigenvalue weighted by Gasteiger charge is -2.22. The highest BCUT2D eigenvalue weighted by Crippen LogP contribution is 2.17. The zero-order valence-corrected chi connectivity index (χ0v) is 12.8. The van der Waals surface area contributed by atoms with Gasteiger partial charge in [0.05, 0.1) is 13.2 Å². The zero-order valence-electron chi connectivity index (χ0n) is 12.8. The molecule has 2 N–H and O–H groups in total. The van der Waals surface area contributed by atoms with Gasteiger partial charge < -0.3 is 20.1 Å². The number of carbonyl (C=O) groups excluding carboxylic acids is 1. The molecule has 5 heteroatoms. The summed E-state index contributed by atoms with van der Waals surface area (Å²) in [4.78, 5) is 11.7. The second-order valence-corrected chi connectivity index (χ2v) is 5.39. The van der Waals surface area contributed by atoms with Crippen LogP contribution in [0, 0.1) is 5.92 Å². The Hall–Kier alpha value is -0.650. The van der Waals surface area contributed by atoms with Crippen molar-refractivity contribution in [1.29, 1.82) is 0 Å². The van der Waals surface area contributed by atoms with Crippen LogP contribution in [0.3, 0.4) is 0 Å². The molecule has 1 saturated heterocycles. The van der Waals surface area contributed by atoms with E-state index < -0.39 is 0 Å². The van der Waals surface area contributed by atoms with Gasteiger partial charge in [-0.05, 0) is 51.1 Å². The topological polar surface area (TPSA) is 59.6 Å². The number of ether oxygens (including phenoxy) is 2. The SMILES string of the molecule is COCCOCCCCNC(=O)CCC1CCNCC1. The Morgan fingerprint density at radius 3 is 2.75 bits per heavy atom. The average molecular weight is 286 g/mol. The van der Waals surface area contributed by atoms with E-state index in [2.05, 4.69) is 10.6 Å². The fourth-order valence-electron chi connectivity index (χ4n) is 2.40. The minimum Gasteiger partial charge on any atom is -0.382 e. The van der Waals surface area contributed by atoms with Crippen molar-refractivity contribution >= 4 is 5.91 Å². The average Bonchev–Trinajstić information content (AvgIpc) is 2.49. The molecule has 0 radical (unpaired) electrons. The molecule has 1 fully saturated rings. The highest BCUT2D eigenvalue weighted by molar-refractivity contribution is 5.75. The molecule has 0 aromatic heterocycles. The van der Waals surface area contributed by atoms with E-state index in [9.17, 15) is 4.79 Å². The van der Waals surface area contributed by atoms with Gasteiger partial charge in [0.25, 0.3) is 0 Å². The molecule has 0 aliphatic carbocycles. The van der Waals surface area contributed by atoms with E-state index >= 15 is 0 Å². The Morgan fingerprint density at radius 2 is 2.00 bits per heavy atom. The minimum atomic E-state index is 0.198. The first-order chi connectivity index (χ1) is 9.83. The van der Waals surface area contributed by atoms with E-state index in [0.717, 1.165) is 51.4 Å². The third-order valence-electron chi connectivity index (χ3n) is 3.71. The number of methoxy groups -OCH3 is 1. The summed E-state index contributed by atoms with van der Waals surface area (Å²) in [6.45, 7) is 5.02. The first-order valence-electron chi connectivity index (χ1n) is 7.87. The second-order valence-electron chi connectivity index (χ2n) is 5.39. The highest BCUT2D eigenvalue weighted by Gasteiger charge is 2.14. The molecule has 1 heterocycles. The Kier molecular flexibility index (Phi) is 10.5. The number of nitrogens with one attached hydrogen (secondary N) is 2. The summed E-state index contributed by atoms with van der Waals surface area (Å²) in [5.74, 6) is 0.931. The van der Waals surface area contributed by atoms with Crippen molar-refractivity contribution in [2.75, 3.05) is 46.6 Å². The predicted molar refractivity (Wildman–Crippen MR) is 79.8 cm³/mol. The molecule has 0 aromatic carbocycles. The number of unbranched alkanes of at least 4 members (excludes halogenated alkanes) is 1. The van der Waals surface area contributed by atoms with Gasteiger partial charge in [0.1, 0.15) is 0 Å². The number of hydrogen-bond donors (Lipinski definition) is 2. The molecule has 0 aromatic rings. The normalized spacial score (nSPS) is 16.2. The monoisotopic (exact) mass is 286 g/mol. The first-order valence-corrected chi connectivity index (χ1v) is 7.87. The van der Waals surface area contributed by atoms with Crippen molar-refractivity contribution in [3.05, 3.63) is 0 Å². The van der Waals surface area contributed by atoms with E-state index in [1.54, 1.807) is 7.11 Å². The summed E-state index contributed by atoms with van der Waals surface area (Å²) in [7, 11) is 1.67. The number of hydrogen-bond acceptors (Lipinski definition) is 4. The number of rotatable bonds is 11. The molecule has 0 spiro atoms. The van der Waals surface area contributed by atoms with Gasteiger partial charge in [-0.3, -0.25) is 4.79 Å². The van der Waals surface area contributed by atoms with Gasteiger partial charge in [-0.1, -0.05) is 0 Å². The van der Waals surface area contributed by atoms with Crippen molar-refractivity contribution in [3.63, 3.8) is 0 Å². The van der Waals surface area contributed by atoms with Crippen LogP contribution in [0.15, 0.2) is 0 Å². The molecule has 0 saturated carbocycles. The first kappa shape index (κ1) is 17.4. The van der Waals surface area contributed by atoms with E-state index in [1.165, 1.54) is 12.8 Å². The fourth-order valence-corrected chi connectivity index (χ4v) is 2.40. The molecule has 1 amide bonds. The third-order valence-corrected chi connectivity index (χ3v) is 3.71. The number of piperidine rings is 1. The highest BCUT2D eigenvalue weighted by atomic mass is 16.5. The summed E-state index contributed by atoms with van der Waals surface area (Å²) in [6.07, 6.45) is 6.10. The smallest absolute Gasteiger partial charge is 0.220 e. The minimum absolute atomic E-state index is 0.198. The number of amides is 1. The van der Waals surface area contributed by atoms with Gasteiger partial charge in [-0.2, -0.15) is 0 Å². The zero-order chi connectivity index (χ0) is 14.5. The van der Waals surface area contributed by atoms with Crippen molar-refractivity contribution in [3.8, 4) is 0 Å². The van der Waals surface area contributed by atoms with Crippen LogP contribution in [0.25, 0.3) is 0 Å². The molecule has 0 atom stereocenters. The Morgan fingerprint density at radius 1 is 1.20 bits per heavy atom. The van der Waals surface area contributed by atoms with Crippen molar-refractivity contribution < 1.29 is 14.3 Å². The van der Waals surface area contributed by atoms with Gasteiger partial charge in [-0.25, -0.2) is 0 Å². The van der Waals surface area contributed by atoms with Crippen molar-refractivity contribution in [2.45, 2.75) is 38.5 Å². The number of carbonyl (C=O) groups is 1. The van der Waals surface area contributed by atoms with Crippen LogP contribution in [0.2, 0.25) is 0 Å². The standard InChI is InChI=1S/C15H30N2O3/c1-19-12-13-20-11-3-2-8-17-15(18)5-4-14-6-9-16-10-7-14/h14,16H,2-13H2,1H3,(H,17,18). The van der Waals surface area contributed by atoms with Crippen LogP contribution in [0.5, 0.6) is 0 Å². The molecule has 0 bridgehead atoms. The van der Waals surface area contributed by atoms with Crippen LogP contribution < -0.4 is 10.6 Å². The summed E-state index contributed by atoms with van der Waals surface area (Å²) < 4.78 is 10.3.